The summed E-state index contributed by atoms with van der Waals surface area (Å²) in [6.45, 7) is 13.5. The van der Waals surface area contributed by atoms with E-state index in [1.54, 1.807) is 32.9 Å². The number of hydrogen-bond donors (Lipinski definition) is 0. The maximum atomic E-state index is 12.4. The molecule has 2 atom stereocenters. The molecule has 1 aromatic rings. The Labute approximate surface area is 160 Å². The Hall–Kier alpha value is -2.76. The van der Waals surface area contributed by atoms with Crippen molar-refractivity contribution in [3.63, 3.8) is 0 Å². The third-order valence-electron chi connectivity index (χ3n) is 3.51. The summed E-state index contributed by atoms with van der Waals surface area (Å²) in [4.78, 5) is 16.8. The van der Waals surface area contributed by atoms with Gasteiger partial charge in [0.2, 0.25) is 0 Å². The molecule has 0 spiro atoms. The predicted molar refractivity (Wildman–Crippen MR) is 106 cm³/mol. The van der Waals surface area contributed by atoms with Crippen LogP contribution in [-0.4, -0.2) is 41.8 Å². The van der Waals surface area contributed by atoms with Crippen LogP contribution in [0, 0.1) is 0 Å². The van der Waals surface area contributed by atoms with E-state index < -0.39 is 23.8 Å². The van der Waals surface area contributed by atoms with E-state index in [-0.39, 0.29) is 13.1 Å². The Bertz CT molecular complexity index is 664. The molecule has 1 amide bonds. The van der Waals surface area contributed by atoms with Crippen molar-refractivity contribution in [2.45, 2.75) is 45.1 Å². The highest BCUT2D eigenvalue weighted by Gasteiger charge is 2.27. The molecule has 0 saturated heterocycles. The van der Waals surface area contributed by atoms with Gasteiger partial charge in [0.15, 0.2) is 0 Å². The summed E-state index contributed by atoms with van der Waals surface area (Å²) in [5.74, 6) is 0. The van der Waals surface area contributed by atoms with Gasteiger partial charge in [-0.3, -0.25) is 0 Å². The minimum absolute atomic E-state index is 0.121. The number of ether oxygens (including phenoxy) is 2. The summed E-state index contributed by atoms with van der Waals surface area (Å²) < 4.78 is 11.3. The molecule has 0 radical (unpaired) electrons. The Morgan fingerprint density at radius 1 is 1.33 bits per heavy atom. The quantitative estimate of drug-likeness (QED) is 0.254. The Morgan fingerprint density at radius 2 is 2.00 bits per heavy atom. The maximum absolute atomic E-state index is 12.4. The van der Waals surface area contributed by atoms with Crippen LogP contribution in [0.1, 0.15) is 26.3 Å². The second kappa shape index (κ2) is 11.1. The van der Waals surface area contributed by atoms with Gasteiger partial charge in [-0.15, -0.1) is 13.2 Å². The predicted octanol–water partition coefficient (Wildman–Crippen LogP) is 4.86. The molecule has 27 heavy (non-hydrogen) atoms. The lowest BCUT2D eigenvalue weighted by Crippen LogP contribution is -2.44. The first kappa shape index (κ1) is 22.3. The van der Waals surface area contributed by atoms with Crippen molar-refractivity contribution >= 4 is 6.09 Å². The second-order valence-corrected chi connectivity index (χ2v) is 6.94. The topological polar surface area (TPSA) is 87.5 Å². The zero-order valence-corrected chi connectivity index (χ0v) is 16.2. The molecule has 0 aliphatic rings. The molecule has 0 aliphatic heterocycles. The molecule has 0 saturated carbocycles. The first-order valence-corrected chi connectivity index (χ1v) is 8.71. The van der Waals surface area contributed by atoms with E-state index in [4.69, 9.17) is 15.0 Å². The van der Waals surface area contributed by atoms with Crippen molar-refractivity contribution in [1.29, 1.82) is 0 Å². The van der Waals surface area contributed by atoms with E-state index in [1.165, 1.54) is 4.90 Å². The fraction of sp³-hybridized carbons (Fsp3) is 0.450. The molecular weight excluding hydrogens is 344 g/mol. The number of rotatable bonds is 10. The standard InChI is InChI=1S/C20H28N4O3/c1-6-13-24(19(25)27-20(3,4)5)14-17(22-23-21)18(7-2)26-15-16-11-9-8-10-12-16/h6-12,17-18H,1-2,13-15H2,3-5H3/t17-,18-/m1/s1. The highest BCUT2D eigenvalue weighted by atomic mass is 16.6. The monoisotopic (exact) mass is 372 g/mol. The molecule has 0 heterocycles. The number of benzene rings is 1. The first-order chi connectivity index (χ1) is 12.8. The van der Waals surface area contributed by atoms with Crippen molar-refractivity contribution in [2.24, 2.45) is 5.11 Å². The summed E-state index contributed by atoms with van der Waals surface area (Å²) in [7, 11) is 0. The average Bonchev–Trinajstić information content (AvgIpc) is 2.61. The smallest absolute Gasteiger partial charge is 0.410 e. The third-order valence-corrected chi connectivity index (χ3v) is 3.51. The van der Waals surface area contributed by atoms with Gasteiger partial charge in [0.25, 0.3) is 0 Å². The van der Waals surface area contributed by atoms with E-state index >= 15 is 0 Å². The second-order valence-electron chi connectivity index (χ2n) is 6.94. The highest BCUT2D eigenvalue weighted by Crippen LogP contribution is 2.15. The molecule has 0 aliphatic carbocycles. The highest BCUT2D eigenvalue weighted by molar-refractivity contribution is 5.68. The van der Waals surface area contributed by atoms with E-state index in [0.717, 1.165) is 5.56 Å². The average molecular weight is 372 g/mol. The van der Waals surface area contributed by atoms with Crippen LogP contribution in [0.4, 0.5) is 4.79 Å². The fourth-order valence-electron chi connectivity index (χ4n) is 2.31. The van der Waals surface area contributed by atoms with Crippen molar-refractivity contribution in [3.8, 4) is 0 Å². The molecule has 7 heteroatoms. The molecule has 146 valence electrons. The maximum Gasteiger partial charge on any atom is 0.410 e. The van der Waals surface area contributed by atoms with Crippen LogP contribution in [0.25, 0.3) is 10.4 Å². The minimum atomic E-state index is -0.649. The lowest BCUT2D eigenvalue weighted by Gasteiger charge is -2.30. The fourth-order valence-corrected chi connectivity index (χ4v) is 2.31. The van der Waals surface area contributed by atoms with Crippen LogP contribution in [0.5, 0.6) is 0 Å². The first-order valence-electron chi connectivity index (χ1n) is 8.71. The Balaban J connectivity index is 2.87. The van der Waals surface area contributed by atoms with Gasteiger partial charge < -0.3 is 14.4 Å². The number of carbonyl (C=O) groups excluding carboxylic acids is 1. The van der Waals surface area contributed by atoms with Gasteiger partial charge in [0.05, 0.1) is 18.8 Å². The third kappa shape index (κ3) is 8.44. The molecule has 0 fully saturated rings. The van der Waals surface area contributed by atoms with Gasteiger partial charge >= 0.3 is 6.09 Å². The Kier molecular flexibility index (Phi) is 9.13. The zero-order chi connectivity index (χ0) is 20.3. The normalized spacial score (nSPS) is 13.0. The van der Waals surface area contributed by atoms with E-state index in [1.807, 2.05) is 30.3 Å². The van der Waals surface area contributed by atoms with Crippen LogP contribution < -0.4 is 0 Å². The lowest BCUT2D eigenvalue weighted by molar-refractivity contribution is 0.0163. The van der Waals surface area contributed by atoms with Crippen LogP contribution in [-0.2, 0) is 16.1 Å². The number of amides is 1. The summed E-state index contributed by atoms with van der Waals surface area (Å²) >= 11 is 0. The molecule has 1 aromatic carbocycles. The largest absolute Gasteiger partial charge is 0.444 e. The zero-order valence-electron chi connectivity index (χ0n) is 16.2. The molecule has 0 bridgehead atoms. The molecule has 0 unspecified atom stereocenters. The molecule has 0 N–H and O–H groups in total. The van der Waals surface area contributed by atoms with Gasteiger partial charge in [-0.1, -0.05) is 47.6 Å². The van der Waals surface area contributed by atoms with E-state index in [2.05, 4.69) is 23.2 Å². The number of carbonyl (C=O) groups is 1. The van der Waals surface area contributed by atoms with Crippen molar-refractivity contribution in [1.82, 2.24) is 4.90 Å². The SMILES string of the molecule is C=CCN(C[C@@H](N=[N+]=[N-])[C@@H](C=C)OCc1ccccc1)C(=O)OC(C)(C)C. The molecule has 0 aromatic heterocycles. The van der Waals surface area contributed by atoms with Crippen molar-refractivity contribution in [3.05, 3.63) is 71.6 Å². The molecular formula is C20H28N4O3. The van der Waals surface area contributed by atoms with Gasteiger partial charge in [-0.2, -0.15) is 0 Å². The van der Waals surface area contributed by atoms with Crippen LogP contribution in [0.2, 0.25) is 0 Å². The molecule has 1 rings (SSSR count). The van der Waals surface area contributed by atoms with Gasteiger partial charge in [0, 0.05) is 18.0 Å². The van der Waals surface area contributed by atoms with Crippen LogP contribution >= 0.6 is 0 Å². The number of nitrogens with zero attached hydrogens (tertiary/aromatic N) is 4. The summed E-state index contributed by atoms with van der Waals surface area (Å²) in [5, 5.41) is 3.81. The number of hydrogen-bond acceptors (Lipinski definition) is 4. The van der Waals surface area contributed by atoms with Gasteiger partial charge in [0.1, 0.15) is 5.60 Å². The van der Waals surface area contributed by atoms with E-state index in [0.29, 0.717) is 6.61 Å². The van der Waals surface area contributed by atoms with Crippen LogP contribution in [0.15, 0.2) is 60.8 Å². The summed E-state index contributed by atoms with van der Waals surface area (Å²) in [6, 6.07) is 8.98. The molecule has 7 nitrogen and oxygen atoms in total. The summed E-state index contributed by atoms with van der Waals surface area (Å²) in [6.07, 6.45) is 2.09. The summed E-state index contributed by atoms with van der Waals surface area (Å²) in [5.41, 5.74) is 9.30. The van der Waals surface area contributed by atoms with Gasteiger partial charge in [-0.05, 0) is 31.9 Å². The van der Waals surface area contributed by atoms with E-state index in [9.17, 15) is 4.79 Å². The van der Waals surface area contributed by atoms with Crippen molar-refractivity contribution in [2.75, 3.05) is 13.1 Å². The Morgan fingerprint density at radius 3 is 2.52 bits per heavy atom. The minimum Gasteiger partial charge on any atom is -0.444 e. The van der Waals surface area contributed by atoms with Gasteiger partial charge in [-0.25, -0.2) is 4.79 Å². The lowest BCUT2D eigenvalue weighted by atomic mass is 10.1. The van der Waals surface area contributed by atoms with Crippen molar-refractivity contribution < 1.29 is 14.3 Å². The number of azide groups is 1. The van der Waals surface area contributed by atoms with Crippen LogP contribution in [0.3, 0.4) is 0 Å².